The van der Waals surface area contributed by atoms with Gasteiger partial charge in [0.05, 0.1) is 24.2 Å². The van der Waals surface area contributed by atoms with Crippen LogP contribution in [0.5, 0.6) is 5.75 Å². The first-order chi connectivity index (χ1) is 16.1. The monoisotopic (exact) mass is 495 g/mol. The number of nitrogens with zero attached hydrogens (tertiary/aromatic N) is 4. The van der Waals surface area contributed by atoms with E-state index in [0.29, 0.717) is 46.8 Å². The highest BCUT2D eigenvalue weighted by molar-refractivity contribution is 8.01. The summed E-state index contributed by atoms with van der Waals surface area (Å²) >= 11 is 3.05. The van der Waals surface area contributed by atoms with Crippen LogP contribution in [0, 0.1) is 16.7 Å². The molecule has 0 saturated carbocycles. The van der Waals surface area contributed by atoms with Crippen LogP contribution < -0.4 is 15.4 Å². The summed E-state index contributed by atoms with van der Waals surface area (Å²) < 4.78 is 6.40. The second kappa shape index (κ2) is 9.43. The number of hydrogen-bond donors (Lipinski definition) is 1. The second-order valence-corrected chi connectivity index (χ2v) is 12.3. The highest BCUT2D eigenvalue weighted by Gasteiger charge is 2.45. The highest BCUT2D eigenvalue weighted by atomic mass is 32.2. The first-order valence-corrected chi connectivity index (χ1v) is 13.0. The number of nitrogens with two attached hydrogens (primary N) is 1. The quantitative estimate of drug-likeness (QED) is 0.533. The summed E-state index contributed by atoms with van der Waals surface area (Å²) in [7, 11) is 0. The Morgan fingerprint density at radius 2 is 2.00 bits per heavy atom. The molecule has 0 amide bonds. The maximum atomic E-state index is 13.6. The number of nitriles is 1. The Labute approximate surface area is 208 Å². The minimum Gasteiger partial charge on any atom is -0.494 e. The van der Waals surface area contributed by atoms with Gasteiger partial charge in [0, 0.05) is 22.9 Å². The van der Waals surface area contributed by atoms with Gasteiger partial charge in [-0.2, -0.15) is 5.26 Å². The molecule has 7 nitrogen and oxygen atoms in total. The van der Waals surface area contributed by atoms with Gasteiger partial charge in [-0.1, -0.05) is 62.9 Å². The Kier molecular flexibility index (Phi) is 6.74. The standard InChI is InChI=1S/C25H29N5O2S2/c1-6-32-16-9-7-15(8-10-16)20-17(13-26)22(27)30(23-28-29-24(34-23)33-14(2)3)18-11-25(4,5)12-19(31)21(18)20/h7-10,14,20H,6,11-12,27H2,1-5H3. The molecule has 1 aliphatic carbocycles. The Balaban J connectivity index is 1.88. The van der Waals surface area contributed by atoms with E-state index in [1.165, 1.54) is 11.3 Å². The van der Waals surface area contributed by atoms with Crippen LogP contribution in [-0.2, 0) is 4.79 Å². The number of thioether (sulfide) groups is 1. The molecule has 4 rings (SSSR count). The van der Waals surface area contributed by atoms with Crippen molar-refractivity contribution in [3.63, 3.8) is 0 Å². The van der Waals surface area contributed by atoms with Gasteiger partial charge >= 0.3 is 0 Å². The van der Waals surface area contributed by atoms with E-state index in [-0.39, 0.29) is 11.2 Å². The molecule has 0 fully saturated rings. The average Bonchev–Trinajstić information content (AvgIpc) is 3.20. The number of benzene rings is 1. The predicted molar refractivity (Wildman–Crippen MR) is 136 cm³/mol. The van der Waals surface area contributed by atoms with Crippen LogP contribution in [0.3, 0.4) is 0 Å². The maximum Gasteiger partial charge on any atom is 0.219 e. The van der Waals surface area contributed by atoms with E-state index in [1.807, 2.05) is 31.2 Å². The van der Waals surface area contributed by atoms with Crippen LogP contribution in [0.1, 0.15) is 58.9 Å². The molecule has 0 radical (unpaired) electrons. The van der Waals surface area contributed by atoms with Crippen molar-refractivity contribution in [2.24, 2.45) is 11.1 Å². The summed E-state index contributed by atoms with van der Waals surface area (Å²) in [6, 6.07) is 9.87. The van der Waals surface area contributed by atoms with Crippen molar-refractivity contribution in [2.75, 3.05) is 11.5 Å². The van der Waals surface area contributed by atoms with Gasteiger partial charge in [-0.15, -0.1) is 10.2 Å². The van der Waals surface area contributed by atoms with Crippen molar-refractivity contribution in [1.29, 1.82) is 5.26 Å². The molecule has 2 aliphatic rings. The van der Waals surface area contributed by atoms with E-state index < -0.39 is 5.92 Å². The van der Waals surface area contributed by atoms with Crippen LogP contribution in [0.25, 0.3) is 0 Å². The van der Waals surface area contributed by atoms with E-state index in [1.54, 1.807) is 16.7 Å². The lowest BCUT2D eigenvalue weighted by molar-refractivity contribution is -0.118. The van der Waals surface area contributed by atoms with E-state index in [0.717, 1.165) is 21.3 Å². The summed E-state index contributed by atoms with van der Waals surface area (Å²) in [5, 5.41) is 19.8. The number of ether oxygens (including phenoxy) is 1. The molecule has 178 valence electrons. The lowest BCUT2D eigenvalue weighted by Gasteiger charge is -2.42. The lowest BCUT2D eigenvalue weighted by atomic mass is 9.68. The number of hydrogen-bond acceptors (Lipinski definition) is 9. The zero-order valence-electron chi connectivity index (χ0n) is 20.1. The molecule has 2 heterocycles. The van der Waals surface area contributed by atoms with Gasteiger partial charge in [0.25, 0.3) is 0 Å². The van der Waals surface area contributed by atoms with Crippen LogP contribution >= 0.6 is 23.1 Å². The molecule has 1 aromatic heterocycles. The fourth-order valence-corrected chi connectivity index (χ4v) is 6.63. The smallest absolute Gasteiger partial charge is 0.219 e. The van der Waals surface area contributed by atoms with Gasteiger partial charge in [-0.25, -0.2) is 0 Å². The van der Waals surface area contributed by atoms with Crippen LogP contribution in [0.2, 0.25) is 0 Å². The van der Waals surface area contributed by atoms with Gasteiger partial charge in [0.15, 0.2) is 10.1 Å². The molecule has 0 saturated heterocycles. The summed E-state index contributed by atoms with van der Waals surface area (Å²) in [5.74, 6) is 0.570. The van der Waals surface area contributed by atoms with Crippen LogP contribution in [-0.4, -0.2) is 27.8 Å². The van der Waals surface area contributed by atoms with E-state index in [2.05, 4.69) is 44.0 Å². The average molecular weight is 496 g/mol. The van der Waals surface area contributed by atoms with Gasteiger partial charge in [0.2, 0.25) is 5.13 Å². The van der Waals surface area contributed by atoms with Gasteiger partial charge in [-0.3, -0.25) is 9.69 Å². The Morgan fingerprint density at radius 3 is 2.62 bits per heavy atom. The molecule has 1 aliphatic heterocycles. The fourth-order valence-electron chi connectivity index (χ4n) is 4.53. The third-order valence-electron chi connectivity index (χ3n) is 5.83. The molecule has 34 heavy (non-hydrogen) atoms. The van der Waals surface area contributed by atoms with Crippen molar-refractivity contribution in [3.8, 4) is 11.8 Å². The van der Waals surface area contributed by atoms with Crippen molar-refractivity contribution in [1.82, 2.24) is 10.2 Å². The normalized spacial score (nSPS) is 20.0. The van der Waals surface area contributed by atoms with Gasteiger partial charge in [0.1, 0.15) is 11.6 Å². The fraction of sp³-hybridized carbons (Fsp3) is 0.440. The lowest BCUT2D eigenvalue weighted by Crippen LogP contribution is -2.42. The summed E-state index contributed by atoms with van der Waals surface area (Å²) in [5.41, 5.74) is 9.07. The molecule has 2 N–H and O–H groups in total. The molecule has 1 unspecified atom stereocenters. The van der Waals surface area contributed by atoms with Gasteiger partial charge in [-0.05, 0) is 36.5 Å². The molecule has 0 spiro atoms. The molecular formula is C25H29N5O2S2. The Morgan fingerprint density at radius 1 is 1.29 bits per heavy atom. The zero-order chi connectivity index (χ0) is 24.6. The third kappa shape index (κ3) is 4.57. The minimum absolute atomic E-state index is 0.0386. The second-order valence-electron chi connectivity index (χ2n) is 9.50. The summed E-state index contributed by atoms with van der Waals surface area (Å²) in [4.78, 5) is 15.4. The number of carbonyl (C=O) groups excluding carboxylic acids is 1. The summed E-state index contributed by atoms with van der Waals surface area (Å²) in [6.07, 6.45) is 1.06. The first-order valence-electron chi connectivity index (χ1n) is 11.3. The molecule has 1 atom stereocenters. The number of Topliss-reactive ketones (excluding diaryl/α,β-unsaturated/α-hetero) is 1. The molecule has 1 aromatic carbocycles. The molecule has 2 aromatic rings. The highest BCUT2D eigenvalue weighted by Crippen LogP contribution is 2.50. The molecule has 9 heteroatoms. The van der Waals surface area contributed by atoms with E-state index >= 15 is 0 Å². The van der Waals surface area contributed by atoms with Crippen LogP contribution in [0.15, 0.2) is 51.3 Å². The molecular weight excluding hydrogens is 466 g/mol. The van der Waals surface area contributed by atoms with Crippen molar-refractivity contribution >= 4 is 34.0 Å². The maximum absolute atomic E-state index is 13.6. The number of carbonyl (C=O) groups is 1. The van der Waals surface area contributed by atoms with Gasteiger partial charge < -0.3 is 10.5 Å². The number of allylic oxidation sites excluding steroid dienone is 3. The Hall–Kier alpha value is -2.83. The predicted octanol–water partition coefficient (Wildman–Crippen LogP) is 5.38. The SMILES string of the molecule is CCOc1ccc(C2C(C#N)=C(N)N(c3nnc(SC(C)C)s3)C3=C2C(=O)CC(C)(C)C3)cc1. The first kappa shape index (κ1) is 24.3. The number of rotatable bonds is 6. The third-order valence-corrected chi connectivity index (χ3v) is 7.83. The number of ketones is 1. The topological polar surface area (TPSA) is 105 Å². The van der Waals surface area contributed by atoms with Crippen molar-refractivity contribution in [3.05, 3.63) is 52.5 Å². The van der Waals surface area contributed by atoms with Crippen molar-refractivity contribution in [2.45, 2.75) is 63.0 Å². The van der Waals surface area contributed by atoms with E-state index in [9.17, 15) is 10.1 Å². The molecule has 0 bridgehead atoms. The van der Waals surface area contributed by atoms with Crippen molar-refractivity contribution < 1.29 is 9.53 Å². The number of anilines is 1. The zero-order valence-corrected chi connectivity index (χ0v) is 21.7. The minimum atomic E-state index is -0.520. The van der Waals surface area contributed by atoms with Crippen LogP contribution in [0.4, 0.5) is 5.13 Å². The van der Waals surface area contributed by atoms with E-state index in [4.69, 9.17) is 10.5 Å². The number of aromatic nitrogens is 2. The Bertz CT molecular complexity index is 1200. The summed E-state index contributed by atoms with van der Waals surface area (Å²) in [6.45, 7) is 10.9. The largest absolute Gasteiger partial charge is 0.494 e.